The summed E-state index contributed by atoms with van der Waals surface area (Å²) in [6.45, 7) is 4.94. The van der Waals surface area contributed by atoms with Gasteiger partial charge >= 0.3 is 5.97 Å². The molecule has 0 aliphatic carbocycles. The molecule has 0 aromatic heterocycles. The van der Waals surface area contributed by atoms with Crippen molar-refractivity contribution in [1.82, 2.24) is 0 Å². The zero-order chi connectivity index (χ0) is 15.3. The summed E-state index contributed by atoms with van der Waals surface area (Å²) in [7, 11) is 1.44. The third-order valence-electron chi connectivity index (χ3n) is 2.19. The lowest BCUT2D eigenvalue weighted by atomic mass is 10.2. The number of rotatable bonds is 5. The Morgan fingerprint density at radius 3 is 2.50 bits per heavy atom. The highest BCUT2D eigenvalue weighted by atomic mass is 35.5. The Morgan fingerprint density at radius 1 is 1.35 bits per heavy atom. The third-order valence-corrected chi connectivity index (χ3v) is 2.58. The van der Waals surface area contributed by atoms with E-state index in [9.17, 15) is 9.59 Å². The monoisotopic (exact) mass is 300 g/mol. The Labute approximate surface area is 122 Å². The van der Waals surface area contributed by atoms with Gasteiger partial charge in [-0.3, -0.25) is 4.79 Å². The second-order valence-corrected chi connectivity index (χ2v) is 5.37. The zero-order valence-electron chi connectivity index (χ0n) is 11.9. The van der Waals surface area contributed by atoms with Crippen LogP contribution in [0.4, 0.5) is 0 Å². The summed E-state index contributed by atoms with van der Waals surface area (Å²) >= 11 is 6.02. The second-order valence-electron chi connectivity index (χ2n) is 4.99. The largest absolute Gasteiger partial charge is 0.493 e. The number of hydrogen-bond donors (Lipinski definition) is 0. The average Bonchev–Trinajstić information content (AvgIpc) is 2.34. The number of esters is 1. The Balaban J connectivity index is 2.86. The van der Waals surface area contributed by atoms with Gasteiger partial charge < -0.3 is 14.2 Å². The van der Waals surface area contributed by atoms with E-state index in [0.717, 1.165) is 0 Å². The normalized spacial score (nSPS) is 10.8. The number of halogens is 1. The number of methoxy groups -OCH3 is 1. The first-order valence-corrected chi connectivity index (χ1v) is 6.32. The lowest BCUT2D eigenvalue weighted by Crippen LogP contribution is -2.27. The summed E-state index contributed by atoms with van der Waals surface area (Å²) in [5, 5.41) is 0.0999. The molecule has 110 valence electrons. The first kappa shape index (κ1) is 16.3. The molecule has 0 fully saturated rings. The summed E-state index contributed by atoms with van der Waals surface area (Å²) in [5.74, 6) is -0.0547. The van der Waals surface area contributed by atoms with Crippen LogP contribution in [0.25, 0.3) is 0 Å². The molecule has 0 atom stereocenters. The highest BCUT2D eigenvalue weighted by Crippen LogP contribution is 2.37. The molecule has 1 aromatic carbocycles. The molecule has 20 heavy (non-hydrogen) atoms. The third kappa shape index (κ3) is 4.42. The topological polar surface area (TPSA) is 61.8 Å². The van der Waals surface area contributed by atoms with Crippen LogP contribution in [0.5, 0.6) is 11.5 Å². The van der Waals surface area contributed by atoms with Crippen molar-refractivity contribution in [3.05, 3.63) is 22.7 Å². The summed E-state index contributed by atoms with van der Waals surface area (Å²) < 4.78 is 15.5. The van der Waals surface area contributed by atoms with Crippen LogP contribution in [0.3, 0.4) is 0 Å². The van der Waals surface area contributed by atoms with Crippen LogP contribution in [0.2, 0.25) is 5.02 Å². The molecule has 0 heterocycles. The van der Waals surface area contributed by atoms with Crippen LogP contribution in [-0.2, 0) is 9.53 Å². The first-order chi connectivity index (χ1) is 9.28. The van der Waals surface area contributed by atoms with Crippen molar-refractivity contribution in [3.63, 3.8) is 0 Å². The van der Waals surface area contributed by atoms with Crippen molar-refractivity contribution >= 4 is 23.9 Å². The van der Waals surface area contributed by atoms with E-state index in [1.165, 1.54) is 13.2 Å². The number of carbonyl (C=O) groups excluding carboxylic acids is 2. The molecular weight excluding hydrogens is 284 g/mol. The van der Waals surface area contributed by atoms with E-state index < -0.39 is 11.6 Å². The quantitative estimate of drug-likeness (QED) is 0.618. The van der Waals surface area contributed by atoms with Gasteiger partial charge in [0, 0.05) is 5.56 Å². The van der Waals surface area contributed by atoms with Crippen molar-refractivity contribution in [3.8, 4) is 11.5 Å². The summed E-state index contributed by atoms with van der Waals surface area (Å²) in [6, 6.07) is 3.05. The average molecular weight is 301 g/mol. The van der Waals surface area contributed by atoms with Crippen molar-refractivity contribution in [2.24, 2.45) is 0 Å². The molecule has 0 saturated carbocycles. The van der Waals surface area contributed by atoms with Gasteiger partial charge in [0.05, 0.1) is 12.1 Å². The van der Waals surface area contributed by atoms with Crippen LogP contribution >= 0.6 is 11.6 Å². The highest BCUT2D eigenvalue weighted by molar-refractivity contribution is 6.34. The molecule has 0 spiro atoms. The van der Waals surface area contributed by atoms with E-state index in [1.54, 1.807) is 26.8 Å². The molecule has 0 N–H and O–H groups in total. The van der Waals surface area contributed by atoms with E-state index in [0.29, 0.717) is 12.0 Å². The zero-order valence-corrected chi connectivity index (χ0v) is 12.6. The van der Waals surface area contributed by atoms with Gasteiger partial charge in [0.15, 0.2) is 24.4 Å². The van der Waals surface area contributed by atoms with E-state index in [4.69, 9.17) is 25.8 Å². The Morgan fingerprint density at radius 2 is 2.00 bits per heavy atom. The molecule has 0 radical (unpaired) electrons. The van der Waals surface area contributed by atoms with Gasteiger partial charge in [0.1, 0.15) is 5.60 Å². The van der Waals surface area contributed by atoms with Gasteiger partial charge in [0.2, 0.25) is 0 Å². The first-order valence-electron chi connectivity index (χ1n) is 5.95. The van der Waals surface area contributed by atoms with E-state index in [-0.39, 0.29) is 22.9 Å². The number of hydrogen-bond acceptors (Lipinski definition) is 5. The molecule has 0 amide bonds. The van der Waals surface area contributed by atoms with E-state index >= 15 is 0 Å². The van der Waals surface area contributed by atoms with Crippen LogP contribution in [0.15, 0.2) is 12.1 Å². The number of ether oxygens (including phenoxy) is 3. The van der Waals surface area contributed by atoms with Crippen LogP contribution in [0.1, 0.15) is 31.1 Å². The number of carbonyl (C=O) groups is 2. The van der Waals surface area contributed by atoms with E-state index in [2.05, 4.69) is 0 Å². The summed E-state index contributed by atoms with van der Waals surface area (Å²) in [5.41, 5.74) is -0.342. The van der Waals surface area contributed by atoms with Crippen LogP contribution in [0, 0.1) is 0 Å². The smallest absolute Gasteiger partial charge is 0.344 e. The minimum absolute atomic E-state index is 0.0999. The maximum atomic E-state index is 11.6. The standard InChI is InChI=1S/C14H17ClO5/c1-14(2,3)20-11(17)8-19-13-10(18-4)6-5-9(7-16)12(13)15/h5-7H,8H2,1-4H3. The van der Waals surface area contributed by atoms with Gasteiger partial charge in [-0.05, 0) is 32.9 Å². The molecule has 0 bridgehead atoms. The molecule has 0 aliphatic rings. The Bertz CT molecular complexity index is 505. The van der Waals surface area contributed by atoms with Crippen molar-refractivity contribution in [1.29, 1.82) is 0 Å². The number of benzene rings is 1. The van der Waals surface area contributed by atoms with Gasteiger partial charge in [-0.1, -0.05) is 11.6 Å². The maximum Gasteiger partial charge on any atom is 0.344 e. The molecule has 1 aromatic rings. The highest BCUT2D eigenvalue weighted by Gasteiger charge is 2.19. The Kier molecular flexibility index (Phi) is 5.39. The molecule has 0 saturated heterocycles. The Hall–Kier alpha value is -1.75. The fourth-order valence-electron chi connectivity index (χ4n) is 1.44. The predicted molar refractivity (Wildman–Crippen MR) is 74.7 cm³/mol. The lowest BCUT2D eigenvalue weighted by Gasteiger charge is -2.20. The lowest BCUT2D eigenvalue weighted by molar-refractivity contribution is -0.157. The second kappa shape index (κ2) is 6.61. The van der Waals surface area contributed by atoms with Crippen molar-refractivity contribution in [2.75, 3.05) is 13.7 Å². The van der Waals surface area contributed by atoms with Gasteiger partial charge in [-0.2, -0.15) is 0 Å². The fraction of sp³-hybridized carbons (Fsp3) is 0.429. The van der Waals surface area contributed by atoms with Crippen LogP contribution in [-0.4, -0.2) is 31.6 Å². The summed E-state index contributed by atoms with van der Waals surface area (Å²) in [4.78, 5) is 22.4. The minimum atomic E-state index is -0.598. The van der Waals surface area contributed by atoms with Gasteiger partial charge in [0.25, 0.3) is 0 Å². The van der Waals surface area contributed by atoms with Gasteiger partial charge in [-0.15, -0.1) is 0 Å². The van der Waals surface area contributed by atoms with Crippen molar-refractivity contribution in [2.45, 2.75) is 26.4 Å². The molecule has 0 unspecified atom stereocenters. The van der Waals surface area contributed by atoms with Crippen molar-refractivity contribution < 1.29 is 23.8 Å². The SMILES string of the molecule is COc1ccc(C=O)c(Cl)c1OCC(=O)OC(C)(C)C. The van der Waals surface area contributed by atoms with Gasteiger partial charge in [-0.25, -0.2) is 4.79 Å². The predicted octanol–water partition coefficient (Wildman–Crippen LogP) is 2.88. The van der Waals surface area contributed by atoms with Crippen LogP contribution < -0.4 is 9.47 Å². The fourth-order valence-corrected chi connectivity index (χ4v) is 1.70. The summed E-state index contributed by atoms with van der Waals surface area (Å²) in [6.07, 6.45) is 0.599. The molecule has 0 aliphatic heterocycles. The minimum Gasteiger partial charge on any atom is -0.493 e. The number of aldehydes is 1. The maximum absolute atomic E-state index is 11.6. The van der Waals surface area contributed by atoms with E-state index in [1.807, 2.05) is 0 Å². The molecule has 1 rings (SSSR count). The molecule has 6 heteroatoms. The molecular formula is C14H17ClO5. The molecule has 5 nitrogen and oxygen atoms in total.